The zero-order valence-corrected chi connectivity index (χ0v) is 12.7. The Kier molecular flexibility index (Phi) is 3.14. The van der Waals surface area contributed by atoms with Gasteiger partial charge < -0.3 is 10.4 Å². The molecule has 1 heterocycles. The van der Waals surface area contributed by atoms with Gasteiger partial charge in [-0.25, -0.2) is 0 Å². The maximum atomic E-state index is 11.1. The van der Waals surface area contributed by atoms with Crippen molar-refractivity contribution in [1.29, 1.82) is 0 Å². The first-order chi connectivity index (χ1) is 10.2. The third kappa shape index (κ3) is 2.22. The number of carbonyl (C=O) groups is 1. The number of nitrogens with one attached hydrogen (secondary N) is 1. The van der Waals surface area contributed by atoms with Crippen molar-refractivity contribution in [2.45, 2.75) is 44.6 Å². The zero-order chi connectivity index (χ0) is 14.4. The molecule has 0 saturated heterocycles. The molecule has 1 fully saturated rings. The number of fused-ring (bicyclic) bond motifs is 3. The highest BCUT2D eigenvalue weighted by molar-refractivity contribution is 7.19. The van der Waals surface area contributed by atoms with Gasteiger partial charge in [-0.05, 0) is 56.2 Å². The van der Waals surface area contributed by atoms with E-state index in [9.17, 15) is 4.79 Å². The lowest BCUT2D eigenvalue weighted by molar-refractivity contribution is -0.141. The van der Waals surface area contributed by atoms with Gasteiger partial charge in [-0.1, -0.05) is 6.07 Å². The maximum Gasteiger partial charge on any atom is 0.306 e. The van der Waals surface area contributed by atoms with Crippen LogP contribution in [-0.4, -0.2) is 17.1 Å². The van der Waals surface area contributed by atoms with Crippen LogP contribution >= 0.6 is 11.3 Å². The first kappa shape index (κ1) is 13.1. The van der Waals surface area contributed by atoms with Crippen molar-refractivity contribution in [1.82, 2.24) is 0 Å². The van der Waals surface area contributed by atoms with Crippen LogP contribution in [0.15, 0.2) is 18.2 Å². The lowest BCUT2D eigenvalue weighted by Gasteiger charge is -2.15. The monoisotopic (exact) mass is 301 g/mol. The van der Waals surface area contributed by atoms with Crippen molar-refractivity contribution < 1.29 is 9.90 Å². The molecule has 1 aromatic heterocycles. The van der Waals surface area contributed by atoms with Crippen molar-refractivity contribution >= 4 is 33.1 Å². The highest BCUT2D eigenvalue weighted by Gasteiger charge is 2.30. The number of hydrogen-bond acceptors (Lipinski definition) is 3. The van der Waals surface area contributed by atoms with E-state index < -0.39 is 5.97 Å². The zero-order valence-electron chi connectivity index (χ0n) is 11.9. The van der Waals surface area contributed by atoms with Crippen LogP contribution in [0.3, 0.4) is 0 Å². The molecule has 2 aromatic rings. The molecule has 21 heavy (non-hydrogen) atoms. The van der Waals surface area contributed by atoms with E-state index in [1.807, 2.05) is 11.3 Å². The molecule has 0 radical (unpaired) electrons. The summed E-state index contributed by atoms with van der Waals surface area (Å²) in [5.74, 6) is -0.816. The number of hydrogen-bond donors (Lipinski definition) is 2. The Balaban J connectivity index is 1.64. The van der Waals surface area contributed by atoms with Crippen molar-refractivity contribution in [2.24, 2.45) is 5.92 Å². The van der Waals surface area contributed by atoms with Crippen LogP contribution in [0.25, 0.3) is 10.1 Å². The average Bonchev–Trinajstić information content (AvgIpc) is 3.12. The van der Waals surface area contributed by atoms with Crippen LogP contribution in [0, 0.1) is 5.92 Å². The number of carboxylic acids is 1. The van der Waals surface area contributed by atoms with Crippen LogP contribution in [0.4, 0.5) is 5.69 Å². The summed E-state index contributed by atoms with van der Waals surface area (Å²) in [6.45, 7) is 0. The highest BCUT2D eigenvalue weighted by atomic mass is 32.1. The average molecular weight is 301 g/mol. The highest BCUT2D eigenvalue weighted by Crippen LogP contribution is 2.41. The van der Waals surface area contributed by atoms with Crippen LogP contribution in [0.5, 0.6) is 0 Å². The van der Waals surface area contributed by atoms with Gasteiger partial charge in [0.1, 0.15) is 0 Å². The fourth-order valence-electron chi connectivity index (χ4n) is 3.83. The molecule has 1 aromatic carbocycles. The van der Waals surface area contributed by atoms with Gasteiger partial charge in [0.05, 0.1) is 5.92 Å². The molecule has 2 atom stereocenters. The number of anilines is 1. The minimum absolute atomic E-state index is 0.171. The third-order valence-corrected chi connectivity index (χ3v) is 6.13. The molecule has 3 nitrogen and oxygen atoms in total. The molecule has 2 aliphatic carbocycles. The van der Waals surface area contributed by atoms with Gasteiger partial charge >= 0.3 is 5.97 Å². The number of rotatable bonds is 3. The van der Waals surface area contributed by atoms with E-state index in [1.165, 1.54) is 40.6 Å². The van der Waals surface area contributed by atoms with E-state index in [-0.39, 0.29) is 5.92 Å². The minimum atomic E-state index is -0.645. The van der Waals surface area contributed by atoms with Crippen LogP contribution in [-0.2, 0) is 17.6 Å². The molecule has 0 bridgehead atoms. The Bertz CT molecular complexity index is 706. The Labute approximate surface area is 128 Å². The molecular formula is C17H19NO2S. The quantitative estimate of drug-likeness (QED) is 0.899. The van der Waals surface area contributed by atoms with Crippen LogP contribution in [0.2, 0.25) is 0 Å². The van der Waals surface area contributed by atoms with E-state index >= 15 is 0 Å². The van der Waals surface area contributed by atoms with E-state index in [1.54, 1.807) is 4.88 Å². The summed E-state index contributed by atoms with van der Waals surface area (Å²) in [6, 6.07) is 6.77. The summed E-state index contributed by atoms with van der Waals surface area (Å²) in [5, 5.41) is 14.2. The van der Waals surface area contributed by atoms with Crippen LogP contribution in [0.1, 0.15) is 36.1 Å². The minimum Gasteiger partial charge on any atom is -0.481 e. The standard InChI is InChI=1S/C17H19NO2S/c19-17(20)10-7-8-11(9-10)18-13-4-2-6-15-16(13)12-3-1-5-14(12)21-15/h2,4,6,10-11,18H,1,3,5,7-9H2,(H,19,20)/t10-,11+/m1/s1. The fraction of sp³-hybridized carbons (Fsp3) is 0.471. The van der Waals surface area contributed by atoms with Gasteiger partial charge in [0.25, 0.3) is 0 Å². The number of aryl methyl sites for hydroxylation is 2. The molecular weight excluding hydrogens is 282 g/mol. The second-order valence-electron chi connectivity index (χ2n) is 6.23. The molecule has 0 aliphatic heterocycles. The summed E-state index contributed by atoms with van der Waals surface area (Å²) in [6.07, 6.45) is 6.19. The number of aliphatic carboxylic acids is 1. The lowest BCUT2D eigenvalue weighted by Crippen LogP contribution is -2.18. The van der Waals surface area contributed by atoms with E-state index in [0.29, 0.717) is 6.04 Å². The van der Waals surface area contributed by atoms with E-state index in [0.717, 1.165) is 19.3 Å². The topological polar surface area (TPSA) is 49.3 Å². The van der Waals surface area contributed by atoms with Gasteiger partial charge in [-0.2, -0.15) is 0 Å². The Morgan fingerprint density at radius 3 is 3.00 bits per heavy atom. The van der Waals surface area contributed by atoms with E-state index in [2.05, 4.69) is 23.5 Å². The Hall–Kier alpha value is -1.55. The van der Waals surface area contributed by atoms with Crippen molar-refractivity contribution in [3.63, 3.8) is 0 Å². The lowest BCUT2D eigenvalue weighted by atomic mass is 10.1. The van der Waals surface area contributed by atoms with Gasteiger partial charge in [0.2, 0.25) is 0 Å². The summed E-state index contributed by atoms with van der Waals surface area (Å²) in [7, 11) is 0. The van der Waals surface area contributed by atoms with Crippen molar-refractivity contribution in [3.8, 4) is 0 Å². The second-order valence-corrected chi connectivity index (χ2v) is 7.36. The molecule has 2 aliphatic rings. The van der Waals surface area contributed by atoms with Gasteiger partial charge in [0, 0.05) is 26.7 Å². The number of carboxylic acid groups (broad SMARTS) is 1. The Morgan fingerprint density at radius 1 is 1.29 bits per heavy atom. The summed E-state index contributed by atoms with van der Waals surface area (Å²) in [5.41, 5.74) is 2.74. The smallest absolute Gasteiger partial charge is 0.306 e. The third-order valence-electron chi connectivity index (χ3n) is 4.87. The summed E-state index contributed by atoms with van der Waals surface area (Å²) in [4.78, 5) is 12.6. The number of thiophene rings is 1. The molecule has 1 saturated carbocycles. The van der Waals surface area contributed by atoms with Gasteiger partial charge in [0.15, 0.2) is 0 Å². The molecule has 4 heteroatoms. The fourth-order valence-corrected chi connectivity index (χ4v) is 5.15. The normalized spacial score (nSPS) is 24.4. The molecule has 0 unspecified atom stereocenters. The van der Waals surface area contributed by atoms with Gasteiger partial charge in [-0.3, -0.25) is 4.79 Å². The SMILES string of the molecule is O=C(O)[C@@H]1CC[C@H](Nc2cccc3sc4c(c23)CCC4)C1. The van der Waals surface area contributed by atoms with Crippen molar-refractivity contribution in [3.05, 3.63) is 28.6 Å². The Morgan fingerprint density at radius 2 is 2.19 bits per heavy atom. The molecule has 110 valence electrons. The van der Waals surface area contributed by atoms with Crippen molar-refractivity contribution in [2.75, 3.05) is 5.32 Å². The van der Waals surface area contributed by atoms with Crippen LogP contribution < -0.4 is 5.32 Å². The predicted octanol–water partition coefficient (Wildman–Crippen LogP) is 4.06. The maximum absolute atomic E-state index is 11.1. The predicted molar refractivity (Wildman–Crippen MR) is 86.2 cm³/mol. The van der Waals surface area contributed by atoms with Gasteiger partial charge in [-0.15, -0.1) is 11.3 Å². The first-order valence-corrected chi connectivity index (χ1v) is 8.56. The second kappa shape index (κ2) is 5.02. The number of benzene rings is 1. The molecule has 4 rings (SSSR count). The molecule has 0 spiro atoms. The largest absolute Gasteiger partial charge is 0.481 e. The first-order valence-electron chi connectivity index (χ1n) is 7.75. The molecule has 2 N–H and O–H groups in total. The molecule has 0 amide bonds. The summed E-state index contributed by atoms with van der Waals surface area (Å²) >= 11 is 1.93. The van der Waals surface area contributed by atoms with E-state index in [4.69, 9.17) is 5.11 Å². The summed E-state index contributed by atoms with van der Waals surface area (Å²) < 4.78 is 1.37.